The van der Waals surface area contributed by atoms with Gasteiger partial charge in [0.15, 0.2) is 0 Å². The smallest absolute Gasteiger partial charge is 0.227 e. The lowest BCUT2D eigenvalue weighted by Crippen LogP contribution is -2.41. The number of sulfonamides is 1. The molecule has 0 aromatic heterocycles. The van der Waals surface area contributed by atoms with Crippen LogP contribution in [0.3, 0.4) is 0 Å². The van der Waals surface area contributed by atoms with Gasteiger partial charge in [0.1, 0.15) is 0 Å². The Kier molecular flexibility index (Phi) is 5.97. The second-order valence-electron chi connectivity index (χ2n) is 7.28. The number of rotatable bonds is 5. The Labute approximate surface area is 161 Å². The lowest BCUT2D eigenvalue weighted by Gasteiger charge is -2.30. The van der Waals surface area contributed by atoms with Crippen LogP contribution < -0.4 is 5.32 Å². The molecule has 1 fully saturated rings. The SMILES string of the molecule is Cc1cccc(CS(=O)(=O)N2CCC(C(=O)Nc3cccc(C)c3)CC2)c1. The van der Waals surface area contributed by atoms with Crippen molar-refractivity contribution in [3.05, 3.63) is 65.2 Å². The number of carbonyl (C=O) groups is 1. The Morgan fingerprint density at radius 3 is 2.30 bits per heavy atom. The van der Waals surface area contributed by atoms with Crippen molar-refractivity contribution in [3.63, 3.8) is 0 Å². The van der Waals surface area contributed by atoms with E-state index in [1.165, 1.54) is 4.31 Å². The lowest BCUT2D eigenvalue weighted by atomic mass is 9.97. The summed E-state index contributed by atoms with van der Waals surface area (Å²) in [6.45, 7) is 4.71. The number of hydrogen-bond acceptors (Lipinski definition) is 3. The van der Waals surface area contributed by atoms with E-state index in [1.807, 2.05) is 62.4 Å². The zero-order valence-corrected chi connectivity index (χ0v) is 16.6. The number of nitrogens with zero attached hydrogens (tertiary/aromatic N) is 1. The van der Waals surface area contributed by atoms with E-state index in [9.17, 15) is 13.2 Å². The number of aryl methyl sites for hydroxylation is 2. The third kappa shape index (κ3) is 5.17. The molecule has 1 saturated heterocycles. The van der Waals surface area contributed by atoms with Gasteiger partial charge in [-0.25, -0.2) is 12.7 Å². The molecule has 27 heavy (non-hydrogen) atoms. The van der Waals surface area contributed by atoms with Crippen molar-refractivity contribution < 1.29 is 13.2 Å². The summed E-state index contributed by atoms with van der Waals surface area (Å²) in [7, 11) is -3.37. The fourth-order valence-electron chi connectivity index (χ4n) is 3.47. The number of amides is 1. The van der Waals surface area contributed by atoms with Crippen molar-refractivity contribution in [3.8, 4) is 0 Å². The second-order valence-corrected chi connectivity index (χ2v) is 9.25. The van der Waals surface area contributed by atoms with Crippen LogP contribution in [0.5, 0.6) is 0 Å². The van der Waals surface area contributed by atoms with Crippen LogP contribution >= 0.6 is 0 Å². The van der Waals surface area contributed by atoms with Gasteiger partial charge in [0, 0.05) is 24.7 Å². The van der Waals surface area contributed by atoms with Gasteiger partial charge in [0.05, 0.1) is 5.75 Å². The van der Waals surface area contributed by atoms with Gasteiger partial charge in [-0.05, 0) is 49.9 Å². The standard InChI is InChI=1S/C21H26N2O3S/c1-16-5-3-7-18(13-16)15-27(25,26)23-11-9-19(10-12-23)21(24)22-20-8-4-6-17(2)14-20/h3-8,13-14,19H,9-12,15H2,1-2H3,(H,22,24). The van der Waals surface area contributed by atoms with Gasteiger partial charge in [0.2, 0.25) is 15.9 Å². The quantitative estimate of drug-likeness (QED) is 0.855. The predicted molar refractivity (Wildman–Crippen MR) is 108 cm³/mol. The van der Waals surface area contributed by atoms with Crippen molar-refractivity contribution >= 4 is 21.6 Å². The zero-order chi connectivity index (χ0) is 19.4. The molecule has 0 aliphatic carbocycles. The number of benzene rings is 2. The monoisotopic (exact) mass is 386 g/mol. The van der Waals surface area contributed by atoms with Crippen molar-refractivity contribution in [2.24, 2.45) is 5.92 Å². The van der Waals surface area contributed by atoms with Gasteiger partial charge < -0.3 is 5.32 Å². The number of nitrogens with one attached hydrogen (secondary N) is 1. The van der Waals surface area contributed by atoms with Gasteiger partial charge in [-0.3, -0.25) is 4.79 Å². The molecule has 1 amide bonds. The fourth-order valence-corrected chi connectivity index (χ4v) is 5.02. The maximum absolute atomic E-state index is 12.7. The lowest BCUT2D eigenvalue weighted by molar-refractivity contribution is -0.120. The molecule has 6 heteroatoms. The number of anilines is 1. The molecular formula is C21H26N2O3S. The van der Waals surface area contributed by atoms with E-state index >= 15 is 0 Å². The Morgan fingerprint density at radius 2 is 1.67 bits per heavy atom. The Balaban J connectivity index is 1.57. The van der Waals surface area contributed by atoms with E-state index in [0.717, 1.165) is 22.4 Å². The molecule has 3 rings (SSSR count). The van der Waals surface area contributed by atoms with E-state index in [0.29, 0.717) is 25.9 Å². The van der Waals surface area contributed by atoms with Crippen molar-refractivity contribution in [1.29, 1.82) is 0 Å². The highest BCUT2D eigenvalue weighted by Gasteiger charge is 2.31. The minimum atomic E-state index is -3.37. The third-order valence-electron chi connectivity index (χ3n) is 4.94. The summed E-state index contributed by atoms with van der Waals surface area (Å²) >= 11 is 0. The van der Waals surface area contributed by atoms with Crippen LogP contribution in [-0.4, -0.2) is 31.7 Å². The maximum Gasteiger partial charge on any atom is 0.227 e. The van der Waals surface area contributed by atoms with Crippen LogP contribution in [0.2, 0.25) is 0 Å². The number of carbonyl (C=O) groups excluding carboxylic acids is 1. The van der Waals surface area contributed by atoms with E-state index in [1.54, 1.807) is 0 Å². The summed E-state index contributed by atoms with van der Waals surface area (Å²) in [5.41, 5.74) is 3.72. The third-order valence-corrected chi connectivity index (χ3v) is 6.79. The van der Waals surface area contributed by atoms with Crippen molar-refractivity contribution in [1.82, 2.24) is 4.31 Å². The van der Waals surface area contributed by atoms with Crippen molar-refractivity contribution in [2.45, 2.75) is 32.4 Å². The Hall–Kier alpha value is -2.18. The van der Waals surface area contributed by atoms with Gasteiger partial charge in [-0.15, -0.1) is 0 Å². The van der Waals surface area contributed by atoms with E-state index in [-0.39, 0.29) is 17.6 Å². The van der Waals surface area contributed by atoms with Crippen molar-refractivity contribution in [2.75, 3.05) is 18.4 Å². The highest BCUT2D eigenvalue weighted by molar-refractivity contribution is 7.88. The molecule has 2 aromatic rings. The zero-order valence-electron chi connectivity index (χ0n) is 15.8. The minimum Gasteiger partial charge on any atom is -0.326 e. The first-order valence-electron chi connectivity index (χ1n) is 9.24. The van der Waals surface area contributed by atoms with E-state index < -0.39 is 10.0 Å². The summed E-state index contributed by atoms with van der Waals surface area (Å²) in [6.07, 6.45) is 1.09. The van der Waals surface area contributed by atoms with Crippen LogP contribution in [0.4, 0.5) is 5.69 Å². The number of hydrogen-bond donors (Lipinski definition) is 1. The largest absolute Gasteiger partial charge is 0.326 e. The van der Waals surface area contributed by atoms with Crippen LogP contribution in [-0.2, 0) is 20.6 Å². The van der Waals surface area contributed by atoms with Crippen LogP contribution in [0, 0.1) is 19.8 Å². The molecule has 0 radical (unpaired) electrons. The first-order chi connectivity index (χ1) is 12.8. The van der Waals surface area contributed by atoms with Gasteiger partial charge in [0.25, 0.3) is 0 Å². The molecule has 1 aliphatic rings. The van der Waals surface area contributed by atoms with E-state index in [4.69, 9.17) is 0 Å². The summed E-state index contributed by atoms with van der Waals surface area (Å²) in [4.78, 5) is 12.5. The topological polar surface area (TPSA) is 66.5 Å². The molecule has 1 aliphatic heterocycles. The molecule has 1 heterocycles. The molecule has 2 aromatic carbocycles. The average molecular weight is 387 g/mol. The summed E-state index contributed by atoms with van der Waals surface area (Å²) < 4.78 is 26.9. The molecule has 1 N–H and O–H groups in total. The van der Waals surface area contributed by atoms with Crippen LogP contribution in [0.25, 0.3) is 0 Å². The summed E-state index contributed by atoms with van der Waals surface area (Å²) in [5.74, 6) is -0.179. The summed E-state index contributed by atoms with van der Waals surface area (Å²) in [5, 5.41) is 2.95. The second kappa shape index (κ2) is 8.23. The van der Waals surface area contributed by atoms with Gasteiger partial charge in [-0.2, -0.15) is 0 Å². The minimum absolute atomic E-state index is 0.00877. The van der Waals surface area contributed by atoms with Gasteiger partial charge >= 0.3 is 0 Å². The Morgan fingerprint density at radius 1 is 1.04 bits per heavy atom. The normalized spacial score (nSPS) is 16.2. The predicted octanol–water partition coefficient (Wildman–Crippen LogP) is 3.48. The molecule has 0 atom stereocenters. The molecule has 5 nitrogen and oxygen atoms in total. The Bertz CT molecular complexity index is 917. The first kappa shape index (κ1) is 19.6. The molecule has 0 bridgehead atoms. The summed E-state index contributed by atoms with van der Waals surface area (Å²) in [6, 6.07) is 15.3. The molecule has 0 spiro atoms. The maximum atomic E-state index is 12.7. The molecular weight excluding hydrogens is 360 g/mol. The van der Waals surface area contributed by atoms with E-state index in [2.05, 4.69) is 5.32 Å². The average Bonchev–Trinajstić information content (AvgIpc) is 2.61. The van der Waals surface area contributed by atoms with Gasteiger partial charge in [-0.1, -0.05) is 42.0 Å². The highest BCUT2D eigenvalue weighted by atomic mass is 32.2. The molecule has 0 saturated carbocycles. The molecule has 144 valence electrons. The first-order valence-corrected chi connectivity index (χ1v) is 10.9. The highest BCUT2D eigenvalue weighted by Crippen LogP contribution is 2.23. The van der Waals surface area contributed by atoms with Crippen LogP contribution in [0.1, 0.15) is 29.5 Å². The number of piperidine rings is 1. The van der Waals surface area contributed by atoms with Crippen LogP contribution in [0.15, 0.2) is 48.5 Å². The molecule has 0 unspecified atom stereocenters. The fraction of sp³-hybridized carbons (Fsp3) is 0.381.